The standard InChI is InChI=1S/C47H34N4O/c52-47(39-27-23-37(24-28-39)45-43(35-17-9-3-10-18-35)48-41(50-45)31-21-33-13-5-1-6-14-33)40-29-25-38(26-30-40)46-44(36-19-11-4-12-20-36)49-42(51-46)32-22-34-15-7-2-8-16-34/h1-32H,(H,48,50)(H,49,51)/b31-21+,32-22+. The summed E-state index contributed by atoms with van der Waals surface area (Å²) in [4.78, 5) is 30.6. The van der Waals surface area contributed by atoms with Gasteiger partial charge in [0.1, 0.15) is 11.6 Å². The molecule has 5 nitrogen and oxygen atoms in total. The first-order valence-electron chi connectivity index (χ1n) is 17.2. The first kappa shape index (κ1) is 32.1. The molecule has 0 spiro atoms. The molecule has 0 fully saturated rings. The van der Waals surface area contributed by atoms with E-state index in [2.05, 4.69) is 58.5 Å². The Morgan fingerprint density at radius 1 is 0.385 bits per heavy atom. The molecule has 2 aromatic heterocycles. The highest BCUT2D eigenvalue weighted by molar-refractivity contribution is 6.09. The summed E-state index contributed by atoms with van der Waals surface area (Å²) in [5.41, 5.74) is 10.8. The van der Waals surface area contributed by atoms with Crippen molar-refractivity contribution < 1.29 is 4.79 Å². The molecule has 0 saturated heterocycles. The molecule has 0 amide bonds. The predicted molar refractivity (Wildman–Crippen MR) is 213 cm³/mol. The lowest BCUT2D eigenvalue weighted by molar-refractivity contribution is 0.103. The summed E-state index contributed by atoms with van der Waals surface area (Å²) in [6.45, 7) is 0. The van der Waals surface area contributed by atoms with Crippen molar-refractivity contribution in [3.63, 3.8) is 0 Å². The Hall–Kier alpha value is -7.11. The molecule has 2 N–H and O–H groups in total. The monoisotopic (exact) mass is 670 g/mol. The van der Waals surface area contributed by atoms with Crippen molar-refractivity contribution in [3.05, 3.63) is 204 Å². The van der Waals surface area contributed by atoms with Crippen LogP contribution in [0.2, 0.25) is 0 Å². The van der Waals surface area contributed by atoms with E-state index in [1.54, 1.807) is 0 Å². The number of H-pyrrole nitrogens is 2. The van der Waals surface area contributed by atoms with Crippen LogP contribution in [0.15, 0.2) is 170 Å². The third kappa shape index (κ3) is 7.11. The zero-order chi connectivity index (χ0) is 35.1. The molecule has 5 heteroatoms. The Morgan fingerprint density at radius 3 is 1.10 bits per heavy atom. The molecule has 0 bridgehead atoms. The van der Waals surface area contributed by atoms with Gasteiger partial charge in [0.2, 0.25) is 0 Å². The van der Waals surface area contributed by atoms with Crippen LogP contribution < -0.4 is 0 Å². The zero-order valence-electron chi connectivity index (χ0n) is 28.3. The molecular formula is C47H34N4O. The fourth-order valence-electron chi connectivity index (χ4n) is 6.19. The molecule has 0 aliphatic carbocycles. The summed E-state index contributed by atoms with van der Waals surface area (Å²) in [7, 11) is 0. The number of rotatable bonds is 10. The minimum Gasteiger partial charge on any atom is -0.338 e. The van der Waals surface area contributed by atoms with Crippen LogP contribution in [0, 0.1) is 0 Å². The lowest BCUT2D eigenvalue weighted by Crippen LogP contribution is -2.01. The van der Waals surface area contributed by atoms with Crippen LogP contribution in [0.25, 0.3) is 69.3 Å². The molecule has 0 atom stereocenters. The highest BCUT2D eigenvalue weighted by Gasteiger charge is 2.17. The maximum absolute atomic E-state index is 13.7. The van der Waals surface area contributed by atoms with Gasteiger partial charge in [-0.3, -0.25) is 4.79 Å². The highest BCUT2D eigenvalue weighted by Crippen LogP contribution is 2.33. The van der Waals surface area contributed by atoms with Crippen LogP contribution in [0.1, 0.15) is 38.7 Å². The van der Waals surface area contributed by atoms with E-state index >= 15 is 0 Å². The fourth-order valence-corrected chi connectivity index (χ4v) is 6.19. The number of ketones is 1. The van der Waals surface area contributed by atoms with Crippen molar-refractivity contribution >= 4 is 30.1 Å². The smallest absolute Gasteiger partial charge is 0.193 e. The van der Waals surface area contributed by atoms with Crippen LogP contribution in [-0.2, 0) is 0 Å². The quantitative estimate of drug-likeness (QED) is 0.142. The average molecular weight is 671 g/mol. The summed E-state index contributed by atoms with van der Waals surface area (Å²) in [6, 6.07) is 56.0. The van der Waals surface area contributed by atoms with Gasteiger partial charge in [0.25, 0.3) is 0 Å². The SMILES string of the molecule is O=C(c1ccc(-c2[nH]c(/C=C/c3ccccc3)nc2-c2ccccc2)cc1)c1ccc(-c2[nH]c(/C=C/c3ccccc3)nc2-c2ccccc2)cc1. The Bertz CT molecular complexity index is 2300. The average Bonchev–Trinajstić information content (AvgIpc) is 3.86. The molecule has 0 aliphatic heterocycles. The molecule has 0 unspecified atom stereocenters. The minimum absolute atomic E-state index is 0.0446. The number of aromatic amines is 2. The number of nitrogens with one attached hydrogen (secondary N) is 2. The Balaban J connectivity index is 1.05. The van der Waals surface area contributed by atoms with Gasteiger partial charge < -0.3 is 9.97 Å². The van der Waals surface area contributed by atoms with Gasteiger partial charge in [-0.15, -0.1) is 0 Å². The molecule has 8 aromatic rings. The molecule has 2 heterocycles. The van der Waals surface area contributed by atoms with Crippen molar-refractivity contribution in [3.8, 4) is 45.0 Å². The van der Waals surface area contributed by atoms with Crippen molar-refractivity contribution in [2.24, 2.45) is 0 Å². The van der Waals surface area contributed by atoms with Crippen LogP contribution in [0.5, 0.6) is 0 Å². The molecule has 0 aliphatic rings. The second kappa shape index (κ2) is 14.8. The van der Waals surface area contributed by atoms with Gasteiger partial charge in [0.15, 0.2) is 5.78 Å². The van der Waals surface area contributed by atoms with Crippen molar-refractivity contribution in [1.29, 1.82) is 0 Å². The van der Waals surface area contributed by atoms with Gasteiger partial charge >= 0.3 is 0 Å². The van der Waals surface area contributed by atoms with E-state index in [1.165, 1.54) is 0 Å². The lowest BCUT2D eigenvalue weighted by atomic mass is 9.98. The lowest BCUT2D eigenvalue weighted by Gasteiger charge is -2.07. The molecule has 0 radical (unpaired) electrons. The van der Waals surface area contributed by atoms with Crippen molar-refractivity contribution in [2.75, 3.05) is 0 Å². The first-order valence-corrected chi connectivity index (χ1v) is 17.2. The third-order valence-electron chi connectivity index (χ3n) is 8.88. The number of carbonyl (C=O) groups excluding carboxylic acids is 1. The van der Waals surface area contributed by atoms with Gasteiger partial charge in [-0.2, -0.15) is 0 Å². The maximum Gasteiger partial charge on any atom is 0.193 e. The van der Waals surface area contributed by atoms with Crippen molar-refractivity contribution in [2.45, 2.75) is 0 Å². The van der Waals surface area contributed by atoms with Crippen LogP contribution in [0.4, 0.5) is 0 Å². The number of imidazole rings is 2. The number of carbonyl (C=O) groups is 1. The van der Waals surface area contributed by atoms with Gasteiger partial charge in [0, 0.05) is 33.4 Å². The van der Waals surface area contributed by atoms with E-state index < -0.39 is 0 Å². The number of nitrogens with zero attached hydrogens (tertiary/aromatic N) is 2. The summed E-state index contributed by atoms with van der Waals surface area (Å²) < 4.78 is 0. The van der Waals surface area contributed by atoms with Crippen LogP contribution >= 0.6 is 0 Å². The van der Waals surface area contributed by atoms with Gasteiger partial charge in [-0.05, 0) is 23.3 Å². The van der Waals surface area contributed by atoms with E-state index in [4.69, 9.17) is 9.97 Å². The topological polar surface area (TPSA) is 74.4 Å². The normalized spacial score (nSPS) is 11.4. The molecular weight excluding hydrogens is 637 g/mol. The second-order valence-corrected chi connectivity index (χ2v) is 12.4. The fraction of sp³-hybridized carbons (Fsp3) is 0. The highest BCUT2D eigenvalue weighted by atomic mass is 16.1. The predicted octanol–water partition coefficient (Wildman–Crippen LogP) is 11.4. The Morgan fingerprint density at radius 2 is 0.731 bits per heavy atom. The summed E-state index contributed by atoms with van der Waals surface area (Å²) in [5, 5.41) is 0. The van der Waals surface area contributed by atoms with E-state index in [-0.39, 0.29) is 5.78 Å². The van der Waals surface area contributed by atoms with Gasteiger partial charge in [-0.1, -0.05) is 182 Å². The largest absolute Gasteiger partial charge is 0.338 e. The number of aromatic nitrogens is 4. The molecule has 52 heavy (non-hydrogen) atoms. The number of benzene rings is 6. The number of hydrogen-bond donors (Lipinski definition) is 2. The van der Waals surface area contributed by atoms with Gasteiger partial charge in [-0.25, -0.2) is 9.97 Å². The minimum atomic E-state index is -0.0446. The Labute approximate surface area is 302 Å². The summed E-state index contributed by atoms with van der Waals surface area (Å²) in [5.74, 6) is 1.46. The zero-order valence-corrected chi connectivity index (χ0v) is 28.3. The summed E-state index contributed by atoms with van der Waals surface area (Å²) in [6.07, 6.45) is 8.06. The third-order valence-corrected chi connectivity index (χ3v) is 8.88. The molecule has 6 aromatic carbocycles. The van der Waals surface area contributed by atoms with E-state index in [0.29, 0.717) is 11.1 Å². The van der Waals surface area contributed by atoms with E-state index in [1.807, 2.05) is 146 Å². The maximum atomic E-state index is 13.7. The molecule has 0 saturated carbocycles. The summed E-state index contributed by atoms with van der Waals surface area (Å²) >= 11 is 0. The first-order chi connectivity index (χ1) is 25.7. The molecule has 248 valence electrons. The second-order valence-electron chi connectivity index (χ2n) is 12.4. The van der Waals surface area contributed by atoms with Gasteiger partial charge in [0.05, 0.1) is 22.8 Å². The van der Waals surface area contributed by atoms with Crippen LogP contribution in [-0.4, -0.2) is 25.7 Å². The molecule has 8 rings (SSSR count). The van der Waals surface area contributed by atoms with Crippen LogP contribution in [0.3, 0.4) is 0 Å². The van der Waals surface area contributed by atoms with Crippen molar-refractivity contribution in [1.82, 2.24) is 19.9 Å². The Kier molecular flexibility index (Phi) is 9.13. The number of hydrogen-bond acceptors (Lipinski definition) is 3. The van der Waals surface area contributed by atoms with E-state index in [9.17, 15) is 4.79 Å². The van der Waals surface area contributed by atoms with E-state index in [0.717, 1.165) is 67.8 Å².